The van der Waals surface area contributed by atoms with E-state index in [1.165, 1.54) is 5.56 Å². The van der Waals surface area contributed by atoms with E-state index in [-0.39, 0.29) is 0 Å². The number of ether oxygens (including phenoxy) is 1. The van der Waals surface area contributed by atoms with Crippen molar-refractivity contribution >= 4 is 32.5 Å². The highest BCUT2D eigenvalue weighted by Gasteiger charge is 2.08. The van der Waals surface area contributed by atoms with Gasteiger partial charge in [-0.15, -0.1) is 0 Å². The molecular formula is C17H15BrN2O. The topological polar surface area (TPSA) is 48.1 Å². The zero-order valence-electron chi connectivity index (χ0n) is 11.6. The molecule has 1 heterocycles. The number of benzene rings is 2. The fraction of sp³-hybridized carbons (Fsp3) is 0.118. The smallest absolute Gasteiger partial charge is 0.153 e. The maximum Gasteiger partial charge on any atom is 0.153 e. The molecule has 0 radical (unpaired) electrons. The van der Waals surface area contributed by atoms with Gasteiger partial charge in [0.15, 0.2) is 5.75 Å². The first-order valence-electron chi connectivity index (χ1n) is 6.78. The molecule has 0 fully saturated rings. The molecule has 0 atom stereocenters. The Balaban J connectivity index is 2.02. The molecule has 0 saturated carbocycles. The van der Waals surface area contributed by atoms with Gasteiger partial charge in [-0.25, -0.2) is 0 Å². The van der Waals surface area contributed by atoms with Crippen LogP contribution in [-0.4, -0.2) is 4.98 Å². The summed E-state index contributed by atoms with van der Waals surface area (Å²) in [5.74, 6) is 1.50. The van der Waals surface area contributed by atoms with E-state index in [0.717, 1.165) is 27.5 Å². The zero-order valence-corrected chi connectivity index (χ0v) is 13.2. The van der Waals surface area contributed by atoms with Crippen LogP contribution in [0.4, 0.5) is 5.69 Å². The summed E-state index contributed by atoms with van der Waals surface area (Å²) in [7, 11) is 0. The number of anilines is 1. The van der Waals surface area contributed by atoms with Crippen LogP contribution in [0.25, 0.3) is 10.9 Å². The number of nitrogens with two attached hydrogens (primary N) is 1. The summed E-state index contributed by atoms with van der Waals surface area (Å²) in [6, 6.07) is 13.7. The second-order valence-electron chi connectivity index (χ2n) is 4.80. The number of hydrogen-bond acceptors (Lipinski definition) is 3. The summed E-state index contributed by atoms with van der Waals surface area (Å²) in [6.07, 6.45) is 2.76. The van der Waals surface area contributed by atoms with E-state index in [0.29, 0.717) is 11.4 Å². The first-order valence-corrected chi connectivity index (χ1v) is 7.57. The minimum Gasteiger partial charge on any atom is -0.455 e. The fourth-order valence-electron chi connectivity index (χ4n) is 2.19. The Morgan fingerprint density at radius 2 is 1.90 bits per heavy atom. The Morgan fingerprint density at radius 1 is 1.14 bits per heavy atom. The summed E-state index contributed by atoms with van der Waals surface area (Å²) in [5, 5.41) is 0.882. The number of nitrogen functional groups attached to an aromatic ring is 1. The summed E-state index contributed by atoms with van der Waals surface area (Å²) in [5.41, 5.74) is 8.74. The SMILES string of the molecule is CCc1ccc(Oc2ccc(N)c3cc(Br)cnc23)cc1. The van der Waals surface area contributed by atoms with Crippen LogP contribution < -0.4 is 10.5 Å². The standard InChI is InChI=1S/C17H15BrN2O/c1-2-11-3-5-13(6-4-11)21-16-8-7-15(19)14-9-12(18)10-20-17(14)16/h3-10H,2,19H2,1H3. The first-order chi connectivity index (χ1) is 10.2. The van der Waals surface area contributed by atoms with Gasteiger partial charge in [-0.1, -0.05) is 19.1 Å². The van der Waals surface area contributed by atoms with Crippen molar-refractivity contribution in [3.63, 3.8) is 0 Å². The Morgan fingerprint density at radius 3 is 2.62 bits per heavy atom. The zero-order chi connectivity index (χ0) is 14.8. The van der Waals surface area contributed by atoms with Crippen molar-refractivity contribution in [1.82, 2.24) is 4.98 Å². The molecule has 2 aromatic carbocycles. The fourth-order valence-corrected chi connectivity index (χ4v) is 2.52. The van der Waals surface area contributed by atoms with E-state index in [2.05, 4.69) is 40.0 Å². The Labute approximate surface area is 131 Å². The van der Waals surface area contributed by atoms with Gasteiger partial charge in [-0.05, 0) is 58.2 Å². The lowest BCUT2D eigenvalue weighted by atomic mass is 10.1. The molecule has 0 aliphatic carbocycles. The first kappa shape index (κ1) is 13.9. The summed E-state index contributed by atoms with van der Waals surface area (Å²) in [6.45, 7) is 2.13. The van der Waals surface area contributed by atoms with Crippen molar-refractivity contribution in [3.8, 4) is 11.5 Å². The molecule has 2 N–H and O–H groups in total. The molecule has 0 aliphatic rings. The van der Waals surface area contributed by atoms with Gasteiger partial charge in [-0.2, -0.15) is 0 Å². The van der Waals surface area contributed by atoms with Crippen LogP contribution in [0.15, 0.2) is 53.1 Å². The predicted octanol–water partition coefficient (Wildman–Crippen LogP) is 4.93. The third kappa shape index (κ3) is 2.85. The van der Waals surface area contributed by atoms with Gasteiger partial charge in [-0.3, -0.25) is 4.98 Å². The van der Waals surface area contributed by atoms with E-state index in [9.17, 15) is 0 Å². The van der Waals surface area contributed by atoms with E-state index < -0.39 is 0 Å². The lowest BCUT2D eigenvalue weighted by Crippen LogP contribution is -1.93. The van der Waals surface area contributed by atoms with Gasteiger partial charge >= 0.3 is 0 Å². The number of fused-ring (bicyclic) bond motifs is 1. The Bertz CT molecular complexity index is 785. The molecule has 21 heavy (non-hydrogen) atoms. The van der Waals surface area contributed by atoms with Gasteiger partial charge < -0.3 is 10.5 Å². The van der Waals surface area contributed by atoms with Gasteiger partial charge in [0.2, 0.25) is 0 Å². The van der Waals surface area contributed by atoms with E-state index >= 15 is 0 Å². The number of rotatable bonds is 3. The molecule has 0 amide bonds. The van der Waals surface area contributed by atoms with Crippen LogP contribution in [0.3, 0.4) is 0 Å². The number of hydrogen-bond donors (Lipinski definition) is 1. The minimum absolute atomic E-state index is 0.687. The molecule has 1 aromatic heterocycles. The van der Waals surface area contributed by atoms with Crippen LogP contribution >= 0.6 is 15.9 Å². The quantitative estimate of drug-likeness (QED) is 0.686. The van der Waals surface area contributed by atoms with Crippen molar-refractivity contribution in [2.45, 2.75) is 13.3 Å². The second kappa shape index (κ2) is 5.74. The number of aryl methyl sites for hydroxylation is 1. The molecule has 106 valence electrons. The maximum atomic E-state index is 6.01. The molecule has 0 spiro atoms. The molecule has 0 bridgehead atoms. The minimum atomic E-state index is 0.687. The molecule has 3 nitrogen and oxygen atoms in total. The van der Waals surface area contributed by atoms with Crippen LogP contribution in [0.1, 0.15) is 12.5 Å². The summed E-state index contributed by atoms with van der Waals surface area (Å²) < 4.78 is 6.85. The molecule has 0 saturated heterocycles. The Kier molecular flexibility index (Phi) is 3.80. The average Bonchev–Trinajstić information content (AvgIpc) is 2.51. The lowest BCUT2D eigenvalue weighted by molar-refractivity contribution is 0.487. The molecule has 3 rings (SSSR count). The normalized spacial score (nSPS) is 10.8. The highest BCUT2D eigenvalue weighted by atomic mass is 79.9. The molecule has 0 unspecified atom stereocenters. The van der Waals surface area contributed by atoms with Crippen molar-refractivity contribution in [2.24, 2.45) is 0 Å². The van der Waals surface area contributed by atoms with Gasteiger partial charge in [0.1, 0.15) is 11.3 Å². The predicted molar refractivity (Wildman–Crippen MR) is 89.7 cm³/mol. The number of nitrogens with zero attached hydrogens (tertiary/aromatic N) is 1. The van der Waals surface area contributed by atoms with Gasteiger partial charge in [0.05, 0.1) is 0 Å². The van der Waals surface area contributed by atoms with Gasteiger partial charge in [0, 0.05) is 21.7 Å². The van der Waals surface area contributed by atoms with Crippen molar-refractivity contribution in [2.75, 3.05) is 5.73 Å². The molecule has 4 heteroatoms. The van der Waals surface area contributed by atoms with Crippen molar-refractivity contribution in [3.05, 3.63) is 58.7 Å². The lowest BCUT2D eigenvalue weighted by Gasteiger charge is -2.10. The molecule has 3 aromatic rings. The highest BCUT2D eigenvalue weighted by molar-refractivity contribution is 9.10. The maximum absolute atomic E-state index is 6.01. The van der Waals surface area contributed by atoms with E-state index in [1.54, 1.807) is 6.20 Å². The molecular weight excluding hydrogens is 328 g/mol. The van der Waals surface area contributed by atoms with Crippen LogP contribution in [0.5, 0.6) is 11.5 Å². The van der Waals surface area contributed by atoms with E-state index in [1.807, 2.05) is 30.3 Å². The molecule has 0 aliphatic heterocycles. The van der Waals surface area contributed by atoms with Crippen LogP contribution in [-0.2, 0) is 6.42 Å². The average molecular weight is 343 g/mol. The van der Waals surface area contributed by atoms with Crippen LogP contribution in [0, 0.1) is 0 Å². The number of pyridine rings is 1. The third-order valence-corrected chi connectivity index (χ3v) is 3.81. The number of halogens is 1. The third-order valence-electron chi connectivity index (χ3n) is 3.37. The summed E-state index contributed by atoms with van der Waals surface area (Å²) >= 11 is 3.41. The summed E-state index contributed by atoms with van der Waals surface area (Å²) in [4.78, 5) is 4.42. The largest absolute Gasteiger partial charge is 0.455 e. The monoisotopic (exact) mass is 342 g/mol. The highest BCUT2D eigenvalue weighted by Crippen LogP contribution is 2.33. The second-order valence-corrected chi connectivity index (χ2v) is 5.72. The van der Waals surface area contributed by atoms with Crippen molar-refractivity contribution in [1.29, 1.82) is 0 Å². The number of aromatic nitrogens is 1. The van der Waals surface area contributed by atoms with Crippen LogP contribution in [0.2, 0.25) is 0 Å². The van der Waals surface area contributed by atoms with Crippen molar-refractivity contribution < 1.29 is 4.74 Å². The van der Waals surface area contributed by atoms with E-state index in [4.69, 9.17) is 10.5 Å². The van der Waals surface area contributed by atoms with Gasteiger partial charge in [0.25, 0.3) is 0 Å². The Hall–Kier alpha value is -2.07.